The smallest absolute Gasteiger partial charge is 0.266 e. The van der Waals surface area contributed by atoms with Gasteiger partial charge in [0, 0.05) is 23.6 Å². The van der Waals surface area contributed by atoms with Crippen LogP contribution in [0.3, 0.4) is 0 Å². The van der Waals surface area contributed by atoms with Crippen LogP contribution < -0.4 is 19.8 Å². The molecule has 0 radical (unpaired) electrons. The lowest BCUT2D eigenvalue weighted by Gasteiger charge is -2.07. The highest BCUT2D eigenvalue weighted by molar-refractivity contribution is 5.61. The Hall–Kier alpha value is -4.14. The Morgan fingerprint density at radius 2 is 1.81 bits per heavy atom. The molecule has 3 heterocycles. The average Bonchev–Trinajstić information content (AvgIpc) is 3.48. The molecular formula is C23H20N4O5. The summed E-state index contributed by atoms with van der Waals surface area (Å²) < 4.78 is 22.9. The van der Waals surface area contributed by atoms with Crippen molar-refractivity contribution in [2.45, 2.75) is 19.9 Å². The van der Waals surface area contributed by atoms with E-state index in [0.717, 1.165) is 16.9 Å². The summed E-state index contributed by atoms with van der Waals surface area (Å²) in [5, 5.41) is 8.51. The maximum Gasteiger partial charge on any atom is 0.266 e. The van der Waals surface area contributed by atoms with E-state index in [2.05, 4.69) is 15.2 Å². The van der Waals surface area contributed by atoms with Crippen molar-refractivity contribution in [2.75, 3.05) is 13.4 Å². The van der Waals surface area contributed by atoms with Gasteiger partial charge in [0.2, 0.25) is 18.5 Å². The molecule has 5 rings (SSSR count). The number of rotatable bonds is 7. The summed E-state index contributed by atoms with van der Waals surface area (Å²) in [5.74, 6) is 2.99. The number of hydrogen-bond acceptors (Lipinski definition) is 8. The first-order valence-electron chi connectivity index (χ1n) is 10.2. The lowest BCUT2D eigenvalue weighted by Crippen LogP contribution is -2.23. The number of benzene rings is 2. The summed E-state index contributed by atoms with van der Waals surface area (Å²) in [6, 6.07) is 16.3. The molecule has 0 bridgehead atoms. The largest absolute Gasteiger partial charge is 0.494 e. The lowest BCUT2D eigenvalue weighted by molar-refractivity contribution is 0.174. The van der Waals surface area contributed by atoms with Gasteiger partial charge in [0.1, 0.15) is 5.75 Å². The maximum absolute atomic E-state index is 12.3. The van der Waals surface area contributed by atoms with Crippen molar-refractivity contribution in [3.63, 3.8) is 0 Å². The molecule has 0 unspecified atom stereocenters. The van der Waals surface area contributed by atoms with Gasteiger partial charge < -0.3 is 18.7 Å². The Morgan fingerprint density at radius 1 is 1.00 bits per heavy atom. The van der Waals surface area contributed by atoms with Crippen molar-refractivity contribution in [1.29, 1.82) is 0 Å². The molecule has 0 aliphatic carbocycles. The van der Waals surface area contributed by atoms with Crippen LogP contribution >= 0.6 is 0 Å². The summed E-state index contributed by atoms with van der Waals surface area (Å²) in [6.45, 7) is 3.06. The molecule has 2 aromatic heterocycles. The van der Waals surface area contributed by atoms with Gasteiger partial charge in [-0.2, -0.15) is 10.1 Å². The monoisotopic (exact) mass is 432 g/mol. The van der Waals surface area contributed by atoms with Gasteiger partial charge >= 0.3 is 0 Å². The molecule has 162 valence electrons. The number of aromatic nitrogens is 4. The van der Waals surface area contributed by atoms with Crippen molar-refractivity contribution < 1.29 is 18.7 Å². The molecule has 0 saturated heterocycles. The standard InChI is InChI=1S/C23H20N4O5/c1-2-29-17-6-3-15(4-7-17)18-8-10-22(28)27(25-18)12-11-21-24-23(26-32-21)16-5-9-19-20(13-16)31-14-30-19/h3-10,13H,2,11-12,14H2,1H3. The summed E-state index contributed by atoms with van der Waals surface area (Å²) >= 11 is 0. The number of hydrogen-bond donors (Lipinski definition) is 0. The molecule has 0 saturated carbocycles. The number of aryl methyl sites for hydroxylation is 2. The van der Waals surface area contributed by atoms with Gasteiger partial charge in [-0.25, -0.2) is 4.68 Å². The van der Waals surface area contributed by atoms with Crippen LogP contribution in [0.1, 0.15) is 12.8 Å². The van der Waals surface area contributed by atoms with Crippen LogP contribution in [-0.4, -0.2) is 33.3 Å². The van der Waals surface area contributed by atoms with Crippen molar-refractivity contribution in [3.05, 3.63) is 70.8 Å². The van der Waals surface area contributed by atoms with E-state index in [1.807, 2.05) is 49.4 Å². The predicted octanol–water partition coefficient (Wildman–Crippen LogP) is 3.33. The van der Waals surface area contributed by atoms with Crippen LogP contribution in [0.15, 0.2) is 63.9 Å². The first kappa shape index (κ1) is 19.8. The third-order valence-corrected chi connectivity index (χ3v) is 4.96. The fourth-order valence-electron chi connectivity index (χ4n) is 3.36. The molecule has 1 aliphatic heterocycles. The fraction of sp³-hybridized carbons (Fsp3) is 0.217. The number of nitrogens with zero attached hydrogens (tertiary/aromatic N) is 4. The second kappa shape index (κ2) is 8.54. The maximum atomic E-state index is 12.3. The Kier molecular flexibility index (Phi) is 5.29. The lowest BCUT2D eigenvalue weighted by atomic mass is 10.1. The van der Waals surface area contributed by atoms with Crippen LogP contribution in [0.5, 0.6) is 17.2 Å². The molecule has 1 aliphatic rings. The SMILES string of the molecule is CCOc1ccc(-c2ccc(=O)n(CCc3nc(-c4ccc5c(c4)OCO5)no3)n2)cc1. The molecule has 0 amide bonds. The second-order valence-corrected chi connectivity index (χ2v) is 7.07. The highest BCUT2D eigenvalue weighted by Crippen LogP contribution is 2.35. The van der Waals surface area contributed by atoms with Gasteiger partial charge in [-0.1, -0.05) is 5.16 Å². The van der Waals surface area contributed by atoms with E-state index in [1.165, 1.54) is 10.7 Å². The summed E-state index contributed by atoms with van der Waals surface area (Å²) in [5.41, 5.74) is 2.15. The average molecular weight is 432 g/mol. The van der Waals surface area contributed by atoms with Crippen LogP contribution in [0.4, 0.5) is 0 Å². The van der Waals surface area contributed by atoms with Gasteiger partial charge in [0.15, 0.2) is 11.5 Å². The van der Waals surface area contributed by atoms with Crippen LogP contribution in [0, 0.1) is 0 Å². The molecule has 32 heavy (non-hydrogen) atoms. The number of fused-ring (bicyclic) bond motifs is 1. The fourth-order valence-corrected chi connectivity index (χ4v) is 3.36. The molecule has 9 heteroatoms. The Labute approximate surface area is 183 Å². The van der Waals surface area contributed by atoms with Gasteiger partial charge in [-0.3, -0.25) is 4.79 Å². The molecule has 0 atom stereocenters. The third kappa shape index (κ3) is 4.04. The zero-order valence-electron chi connectivity index (χ0n) is 17.4. The first-order chi connectivity index (χ1) is 15.7. The Morgan fingerprint density at radius 3 is 2.66 bits per heavy atom. The van der Waals surface area contributed by atoms with E-state index in [9.17, 15) is 4.79 Å². The Bertz CT molecular complexity index is 1300. The number of ether oxygens (including phenoxy) is 3. The van der Waals surface area contributed by atoms with E-state index < -0.39 is 0 Å². The van der Waals surface area contributed by atoms with Gasteiger partial charge in [-0.05, 0) is 55.5 Å². The molecule has 4 aromatic rings. The normalized spacial score (nSPS) is 12.2. The van der Waals surface area contributed by atoms with E-state index >= 15 is 0 Å². The molecule has 9 nitrogen and oxygen atoms in total. The zero-order chi connectivity index (χ0) is 21.9. The summed E-state index contributed by atoms with van der Waals surface area (Å²) in [7, 11) is 0. The minimum atomic E-state index is -0.199. The highest BCUT2D eigenvalue weighted by atomic mass is 16.7. The highest BCUT2D eigenvalue weighted by Gasteiger charge is 2.16. The van der Waals surface area contributed by atoms with Crippen LogP contribution in [0.25, 0.3) is 22.6 Å². The minimum Gasteiger partial charge on any atom is -0.494 e. The van der Waals surface area contributed by atoms with E-state index in [-0.39, 0.29) is 12.4 Å². The van der Waals surface area contributed by atoms with Crippen molar-refractivity contribution >= 4 is 0 Å². The third-order valence-electron chi connectivity index (χ3n) is 4.96. The molecule has 2 aromatic carbocycles. The van der Waals surface area contributed by atoms with Crippen molar-refractivity contribution in [3.8, 4) is 39.9 Å². The minimum absolute atomic E-state index is 0.199. The zero-order valence-corrected chi connectivity index (χ0v) is 17.4. The molecule has 0 fully saturated rings. The van der Waals surface area contributed by atoms with E-state index in [1.54, 1.807) is 6.07 Å². The van der Waals surface area contributed by atoms with E-state index in [4.69, 9.17) is 18.7 Å². The van der Waals surface area contributed by atoms with Crippen LogP contribution in [0.2, 0.25) is 0 Å². The van der Waals surface area contributed by atoms with Crippen molar-refractivity contribution in [2.24, 2.45) is 0 Å². The van der Waals surface area contributed by atoms with Gasteiger partial charge in [-0.15, -0.1) is 0 Å². The predicted molar refractivity (Wildman–Crippen MR) is 115 cm³/mol. The molecule has 0 spiro atoms. The van der Waals surface area contributed by atoms with E-state index in [0.29, 0.717) is 48.5 Å². The summed E-state index contributed by atoms with van der Waals surface area (Å²) in [4.78, 5) is 16.7. The quantitative estimate of drug-likeness (QED) is 0.438. The molecule has 0 N–H and O–H groups in total. The second-order valence-electron chi connectivity index (χ2n) is 7.07. The summed E-state index contributed by atoms with van der Waals surface area (Å²) in [6.07, 6.45) is 0.372. The van der Waals surface area contributed by atoms with Crippen LogP contribution in [-0.2, 0) is 13.0 Å². The topological polar surface area (TPSA) is 102 Å². The molecular weight excluding hydrogens is 412 g/mol. The first-order valence-corrected chi connectivity index (χ1v) is 10.2. The van der Waals surface area contributed by atoms with Gasteiger partial charge in [0.05, 0.1) is 18.8 Å². The van der Waals surface area contributed by atoms with Gasteiger partial charge in [0.25, 0.3) is 5.56 Å². The Balaban J connectivity index is 1.30. The van der Waals surface area contributed by atoms with Crippen molar-refractivity contribution in [1.82, 2.24) is 19.9 Å².